The molecule has 3 rings (SSSR count). The lowest BCUT2D eigenvalue weighted by molar-refractivity contribution is -0.130. The molecule has 2 aromatic carbocycles. The van der Waals surface area contributed by atoms with Gasteiger partial charge in [-0.2, -0.15) is 0 Å². The van der Waals surface area contributed by atoms with Crippen molar-refractivity contribution in [3.63, 3.8) is 0 Å². The Kier molecular flexibility index (Phi) is 6.59. The Hall–Kier alpha value is -3.10. The van der Waals surface area contributed by atoms with Crippen LogP contribution < -0.4 is 15.8 Å². The molecular weight excluding hydrogens is 433 g/mol. The highest BCUT2D eigenvalue weighted by molar-refractivity contribution is 6.36. The molecule has 1 aliphatic heterocycles. The molecule has 1 unspecified atom stereocenters. The second kappa shape index (κ2) is 9.15. The maximum atomic E-state index is 12.3. The molecule has 30 heavy (non-hydrogen) atoms. The number of hydrogen-bond acceptors (Lipinski definition) is 5. The van der Waals surface area contributed by atoms with E-state index in [9.17, 15) is 19.2 Å². The highest BCUT2D eigenvalue weighted by atomic mass is 35.5. The third-order valence-corrected chi connectivity index (χ3v) is 4.80. The molecule has 0 aliphatic carbocycles. The van der Waals surface area contributed by atoms with E-state index in [0.717, 1.165) is 5.01 Å². The number of ether oxygens (including phenoxy) is 1. The van der Waals surface area contributed by atoms with Crippen molar-refractivity contribution in [2.45, 2.75) is 25.9 Å². The highest BCUT2D eigenvalue weighted by Crippen LogP contribution is 2.25. The molecule has 8 nitrogen and oxygen atoms in total. The number of carbonyl (C=O) groups excluding carboxylic acids is 4. The van der Waals surface area contributed by atoms with Crippen LogP contribution in [-0.4, -0.2) is 29.8 Å². The number of hydrogen-bond donors (Lipinski definition) is 2. The number of halogens is 2. The first-order valence-corrected chi connectivity index (χ1v) is 9.69. The lowest BCUT2D eigenvalue weighted by Crippen LogP contribution is -2.50. The van der Waals surface area contributed by atoms with Gasteiger partial charge in [-0.25, -0.2) is 9.80 Å². The standard InChI is InChI=1S/C20H17Cl2N3O5/c1-11(19(28)23-16-7-4-13(21)10-15(16)22)30-20(29)12-2-5-14(6-3-12)25-18(27)9-8-17(26)24-25/h2-7,10-11H,8-9H2,1H3,(H,23,28)(H,24,26). The zero-order chi connectivity index (χ0) is 21.8. The highest BCUT2D eigenvalue weighted by Gasteiger charge is 2.25. The van der Waals surface area contributed by atoms with Gasteiger partial charge in [-0.3, -0.25) is 19.8 Å². The summed E-state index contributed by atoms with van der Waals surface area (Å²) in [5.41, 5.74) is 3.39. The summed E-state index contributed by atoms with van der Waals surface area (Å²) < 4.78 is 5.19. The van der Waals surface area contributed by atoms with Gasteiger partial charge in [-0.05, 0) is 49.4 Å². The molecule has 156 valence electrons. The number of amides is 3. The van der Waals surface area contributed by atoms with Crippen LogP contribution in [0.1, 0.15) is 30.1 Å². The van der Waals surface area contributed by atoms with Crippen molar-refractivity contribution >= 4 is 58.3 Å². The average Bonchev–Trinajstić information content (AvgIpc) is 2.71. The number of hydrazine groups is 1. The number of anilines is 2. The van der Waals surface area contributed by atoms with Crippen LogP contribution in [0.3, 0.4) is 0 Å². The van der Waals surface area contributed by atoms with Gasteiger partial charge in [0.05, 0.1) is 22.0 Å². The SMILES string of the molecule is CC(OC(=O)c1ccc(N2NC(=O)CCC2=O)cc1)C(=O)Nc1ccc(Cl)cc1Cl. The van der Waals surface area contributed by atoms with Gasteiger partial charge in [-0.1, -0.05) is 23.2 Å². The third-order valence-electron chi connectivity index (χ3n) is 4.26. The molecule has 0 spiro atoms. The van der Waals surface area contributed by atoms with Crippen molar-refractivity contribution in [2.75, 3.05) is 10.3 Å². The molecule has 0 saturated carbocycles. The van der Waals surface area contributed by atoms with Gasteiger partial charge in [0.25, 0.3) is 5.91 Å². The van der Waals surface area contributed by atoms with Crippen molar-refractivity contribution in [1.82, 2.24) is 5.43 Å². The molecule has 1 aliphatic rings. The molecule has 0 bridgehead atoms. The van der Waals surface area contributed by atoms with Gasteiger partial charge in [0.1, 0.15) is 0 Å². The molecule has 10 heteroatoms. The van der Waals surface area contributed by atoms with Gasteiger partial charge in [-0.15, -0.1) is 0 Å². The molecule has 1 fully saturated rings. The predicted octanol–water partition coefficient (Wildman–Crippen LogP) is 3.34. The summed E-state index contributed by atoms with van der Waals surface area (Å²) in [6.07, 6.45) is -0.840. The molecule has 3 amide bonds. The van der Waals surface area contributed by atoms with Gasteiger partial charge in [0, 0.05) is 17.9 Å². The Morgan fingerprint density at radius 1 is 1.10 bits per heavy atom. The first kappa shape index (κ1) is 21.6. The summed E-state index contributed by atoms with van der Waals surface area (Å²) in [6, 6.07) is 10.5. The molecule has 1 saturated heterocycles. The van der Waals surface area contributed by atoms with Crippen LogP contribution in [0.25, 0.3) is 0 Å². The second-order valence-electron chi connectivity index (χ2n) is 6.47. The number of benzene rings is 2. The Balaban J connectivity index is 1.61. The first-order valence-electron chi connectivity index (χ1n) is 8.94. The predicted molar refractivity (Wildman–Crippen MR) is 111 cm³/mol. The Bertz CT molecular complexity index is 1010. The number of esters is 1. The zero-order valence-electron chi connectivity index (χ0n) is 15.8. The van der Waals surface area contributed by atoms with Crippen molar-refractivity contribution in [3.05, 3.63) is 58.1 Å². The topological polar surface area (TPSA) is 105 Å². The van der Waals surface area contributed by atoms with Crippen molar-refractivity contribution in [3.8, 4) is 0 Å². The quantitative estimate of drug-likeness (QED) is 0.680. The van der Waals surface area contributed by atoms with E-state index in [1.165, 1.54) is 43.3 Å². The van der Waals surface area contributed by atoms with Crippen LogP contribution >= 0.6 is 23.2 Å². The second-order valence-corrected chi connectivity index (χ2v) is 7.32. The monoisotopic (exact) mass is 449 g/mol. The van der Waals surface area contributed by atoms with E-state index in [1.54, 1.807) is 6.07 Å². The van der Waals surface area contributed by atoms with E-state index in [-0.39, 0.29) is 35.2 Å². The van der Waals surface area contributed by atoms with Crippen LogP contribution in [0.15, 0.2) is 42.5 Å². The third kappa shape index (κ3) is 5.08. The molecule has 2 N–H and O–H groups in total. The van der Waals surface area contributed by atoms with E-state index < -0.39 is 18.0 Å². The maximum absolute atomic E-state index is 12.3. The van der Waals surface area contributed by atoms with Crippen LogP contribution in [0.2, 0.25) is 10.0 Å². The van der Waals surface area contributed by atoms with Crippen molar-refractivity contribution in [1.29, 1.82) is 0 Å². The Morgan fingerprint density at radius 3 is 2.47 bits per heavy atom. The first-order chi connectivity index (χ1) is 14.2. The maximum Gasteiger partial charge on any atom is 0.338 e. The molecule has 2 aromatic rings. The van der Waals surface area contributed by atoms with E-state index in [2.05, 4.69) is 10.7 Å². The fourth-order valence-electron chi connectivity index (χ4n) is 2.64. The molecule has 0 aromatic heterocycles. The van der Waals surface area contributed by atoms with Crippen LogP contribution in [-0.2, 0) is 19.1 Å². The Labute approximate surface area is 182 Å². The normalized spacial score (nSPS) is 14.7. The van der Waals surface area contributed by atoms with E-state index in [0.29, 0.717) is 16.4 Å². The molecule has 1 heterocycles. The number of nitrogens with one attached hydrogen (secondary N) is 2. The smallest absolute Gasteiger partial charge is 0.338 e. The van der Waals surface area contributed by atoms with Crippen LogP contribution in [0.5, 0.6) is 0 Å². The summed E-state index contributed by atoms with van der Waals surface area (Å²) >= 11 is 11.8. The summed E-state index contributed by atoms with van der Waals surface area (Å²) in [4.78, 5) is 48.0. The fraction of sp³-hybridized carbons (Fsp3) is 0.200. The largest absolute Gasteiger partial charge is 0.449 e. The lowest BCUT2D eigenvalue weighted by Gasteiger charge is -2.27. The minimum absolute atomic E-state index is 0.111. The zero-order valence-corrected chi connectivity index (χ0v) is 17.3. The number of carbonyl (C=O) groups is 4. The van der Waals surface area contributed by atoms with Gasteiger partial charge in [0.15, 0.2) is 6.10 Å². The number of rotatable bonds is 5. The Morgan fingerprint density at radius 2 is 1.80 bits per heavy atom. The molecule has 1 atom stereocenters. The van der Waals surface area contributed by atoms with E-state index in [4.69, 9.17) is 27.9 Å². The summed E-state index contributed by atoms with van der Waals surface area (Å²) in [6.45, 7) is 1.42. The minimum atomic E-state index is -1.09. The fourth-order valence-corrected chi connectivity index (χ4v) is 3.09. The van der Waals surface area contributed by atoms with Crippen molar-refractivity contribution in [2.24, 2.45) is 0 Å². The van der Waals surface area contributed by atoms with Gasteiger partial charge < -0.3 is 10.1 Å². The molecular formula is C20H17Cl2N3O5. The summed E-state index contributed by atoms with van der Waals surface area (Å²) in [5, 5.41) is 4.37. The summed E-state index contributed by atoms with van der Waals surface area (Å²) in [5.74, 6) is -1.80. The lowest BCUT2D eigenvalue weighted by atomic mass is 10.1. The molecule has 0 radical (unpaired) electrons. The average molecular weight is 450 g/mol. The van der Waals surface area contributed by atoms with E-state index in [1.807, 2.05) is 0 Å². The number of nitrogens with zero attached hydrogens (tertiary/aromatic N) is 1. The van der Waals surface area contributed by atoms with Gasteiger partial charge in [0.2, 0.25) is 11.8 Å². The minimum Gasteiger partial charge on any atom is -0.449 e. The van der Waals surface area contributed by atoms with E-state index >= 15 is 0 Å². The van der Waals surface area contributed by atoms with Gasteiger partial charge >= 0.3 is 5.97 Å². The van der Waals surface area contributed by atoms with Crippen LogP contribution in [0.4, 0.5) is 11.4 Å². The van der Waals surface area contributed by atoms with Crippen LogP contribution in [0, 0.1) is 0 Å². The summed E-state index contributed by atoms with van der Waals surface area (Å²) in [7, 11) is 0. The van der Waals surface area contributed by atoms with Crippen molar-refractivity contribution < 1.29 is 23.9 Å².